The Kier molecular flexibility index (Phi) is 4.27. The van der Waals surface area contributed by atoms with E-state index >= 15 is 0 Å². The second kappa shape index (κ2) is 6.75. The van der Waals surface area contributed by atoms with Crippen molar-refractivity contribution in [3.05, 3.63) is 71.1 Å². The number of nitrogens with zero attached hydrogens (tertiary/aromatic N) is 4. The quantitative estimate of drug-likeness (QED) is 0.537. The molecule has 0 aliphatic heterocycles. The van der Waals surface area contributed by atoms with Gasteiger partial charge >= 0.3 is 0 Å². The van der Waals surface area contributed by atoms with Gasteiger partial charge in [0.05, 0.1) is 17.1 Å². The van der Waals surface area contributed by atoms with Crippen LogP contribution >= 0.6 is 0 Å². The molecule has 1 aliphatic rings. The predicted octanol–water partition coefficient (Wildman–Crippen LogP) is 3.48. The molecule has 3 aromatic rings. The molecule has 2 heterocycles. The predicted molar refractivity (Wildman–Crippen MR) is 100 cm³/mol. The van der Waals surface area contributed by atoms with Crippen LogP contribution in [0, 0.1) is 12.7 Å². The maximum Gasteiger partial charge on any atom is 0.220 e. The Hall–Kier alpha value is -3.35. The number of anilines is 1. The molecule has 2 aromatic heterocycles. The Bertz CT molecular complexity index is 1040. The van der Waals surface area contributed by atoms with Gasteiger partial charge in [0.2, 0.25) is 5.95 Å². The van der Waals surface area contributed by atoms with Crippen LogP contribution in [0.4, 0.5) is 10.3 Å². The first-order chi connectivity index (χ1) is 13.1. The molecule has 0 unspecified atom stereocenters. The second-order valence-corrected chi connectivity index (χ2v) is 6.61. The molecule has 0 radical (unpaired) electrons. The van der Waals surface area contributed by atoms with E-state index in [4.69, 9.17) is 5.73 Å². The average molecular weight is 363 g/mol. The second-order valence-electron chi connectivity index (χ2n) is 6.61. The van der Waals surface area contributed by atoms with E-state index < -0.39 is 0 Å². The van der Waals surface area contributed by atoms with E-state index in [0.717, 1.165) is 27.9 Å². The van der Waals surface area contributed by atoms with Gasteiger partial charge in [-0.3, -0.25) is 4.98 Å². The molecule has 4 rings (SSSR count). The van der Waals surface area contributed by atoms with E-state index in [2.05, 4.69) is 20.1 Å². The summed E-state index contributed by atoms with van der Waals surface area (Å²) in [6.07, 6.45) is 4.48. The first kappa shape index (κ1) is 17.1. The first-order valence-electron chi connectivity index (χ1n) is 8.61. The Morgan fingerprint density at radius 1 is 1.22 bits per heavy atom. The van der Waals surface area contributed by atoms with Crippen molar-refractivity contribution in [2.24, 2.45) is 5.16 Å². The topological polar surface area (TPSA) is 97.3 Å². The summed E-state index contributed by atoms with van der Waals surface area (Å²) >= 11 is 0. The Labute approximate surface area is 155 Å². The highest BCUT2D eigenvalue weighted by atomic mass is 19.1. The lowest BCUT2D eigenvalue weighted by atomic mass is 9.78. The lowest BCUT2D eigenvalue weighted by Gasteiger charge is -2.27. The minimum absolute atomic E-state index is 0.0343. The van der Waals surface area contributed by atoms with Gasteiger partial charge in [0.1, 0.15) is 5.82 Å². The fraction of sp³-hybridized carbons (Fsp3) is 0.200. The van der Waals surface area contributed by atoms with E-state index in [1.165, 1.54) is 12.1 Å². The molecule has 0 spiro atoms. The number of nitrogens with two attached hydrogens (primary N) is 1. The van der Waals surface area contributed by atoms with Crippen molar-refractivity contribution in [2.75, 3.05) is 5.73 Å². The van der Waals surface area contributed by atoms with Gasteiger partial charge < -0.3 is 10.9 Å². The largest absolute Gasteiger partial charge is 0.411 e. The van der Waals surface area contributed by atoms with Crippen LogP contribution in [-0.2, 0) is 6.42 Å². The number of nitrogen functional groups attached to an aromatic ring is 1. The molecule has 1 aliphatic carbocycles. The number of aryl methyl sites for hydroxylation is 1. The van der Waals surface area contributed by atoms with Crippen LogP contribution in [0.25, 0.3) is 11.1 Å². The fourth-order valence-corrected chi connectivity index (χ4v) is 3.79. The standard InChI is InChI=1S/C20H18FN5O/c1-11-19-17(25-20(22)24-11)7-13(8-18(19)26-27)15-5-4-14(21)9-16(15)12-3-2-6-23-10-12/h2-6,9-10,13,27H,7-8H2,1H3,(H2,22,24,25)/t13-/m1/s1. The maximum absolute atomic E-state index is 14.0. The van der Waals surface area contributed by atoms with Crippen LogP contribution in [0.1, 0.15) is 34.9 Å². The molecule has 0 fully saturated rings. The third kappa shape index (κ3) is 3.12. The summed E-state index contributed by atoms with van der Waals surface area (Å²) in [7, 11) is 0. The van der Waals surface area contributed by atoms with Crippen LogP contribution in [0.15, 0.2) is 47.9 Å². The number of aromatic nitrogens is 3. The summed E-state index contributed by atoms with van der Waals surface area (Å²) in [6.45, 7) is 1.82. The number of halogens is 1. The van der Waals surface area contributed by atoms with Crippen molar-refractivity contribution in [1.82, 2.24) is 15.0 Å². The van der Waals surface area contributed by atoms with E-state index in [1.807, 2.05) is 19.1 Å². The highest BCUT2D eigenvalue weighted by Crippen LogP contribution is 2.38. The summed E-state index contributed by atoms with van der Waals surface area (Å²) in [4.78, 5) is 12.7. The third-order valence-electron chi connectivity index (χ3n) is 4.90. The van der Waals surface area contributed by atoms with Crippen molar-refractivity contribution < 1.29 is 9.60 Å². The molecule has 1 aromatic carbocycles. The molecule has 27 heavy (non-hydrogen) atoms. The fourth-order valence-electron chi connectivity index (χ4n) is 3.79. The zero-order chi connectivity index (χ0) is 19.0. The van der Waals surface area contributed by atoms with E-state index in [0.29, 0.717) is 24.2 Å². The van der Waals surface area contributed by atoms with Gasteiger partial charge in [-0.2, -0.15) is 0 Å². The summed E-state index contributed by atoms with van der Waals surface area (Å²) in [6, 6.07) is 8.45. The molecule has 3 N–H and O–H groups in total. The summed E-state index contributed by atoms with van der Waals surface area (Å²) < 4.78 is 14.0. The van der Waals surface area contributed by atoms with Crippen LogP contribution in [0.3, 0.4) is 0 Å². The SMILES string of the molecule is Cc1nc(N)nc2c1C(=NO)C[C@H](c1ccc(F)cc1-c1cccnc1)C2. The maximum atomic E-state index is 14.0. The van der Waals surface area contributed by atoms with Crippen molar-refractivity contribution >= 4 is 11.7 Å². The van der Waals surface area contributed by atoms with Crippen molar-refractivity contribution in [3.8, 4) is 11.1 Å². The molecule has 0 saturated carbocycles. The summed E-state index contributed by atoms with van der Waals surface area (Å²) in [5, 5.41) is 13.0. The van der Waals surface area contributed by atoms with Gasteiger partial charge in [0, 0.05) is 29.9 Å². The van der Waals surface area contributed by atoms with Crippen molar-refractivity contribution in [3.63, 3.8) is 0 Å². The zero-order valence-electron chi connectivity index (χ0n) is 14.7. The molecule has 6 nitrogen and oxygen atoms in total. The van der Waals surface area contributed by atoms with Crippen LogP contribution < -0.4 is 5.73 Å². The molecule has 1 atom stereocenters. The summed E-state index contributed by atoms with van der Waals surface area (Å²) in [5.41, 5.74) is 11.1. The minimum atomic E-state index is -0.313. The molecule has 136 valence electrons. The zero-order valence-corrected chi connectivity index (χ0v) is 14.7. The highest BCUT2D eigenvalue weighted by molar-refractivity contribution is 6.03. The lowest BCUT2D eigenvalue weighted by Crippen LogP contribution is -2.24. The first-order valence-corrected chi connectivity index (χ1v) is 8.61. The normalized spacial score (nSPS) is 17.7. The molecule has 0 saturated heterocycles. The monoisotopic (exact) mass is 363 g/mol. The van der Waals surface area contributed by atoms with Gasteiger partial charge in [-0.15, -0.1) is 0 Å². The molecule has 0 bridgehead atoms. The molecular formula is C20H18FN5O. The number of hydrogen-bond donors (Lipinski definition) is 2. The smallest absolute Gasteiger partial charge is 0.220 e. The van der Waals surface area contributed by atoms with Crippen LogP contribution in [0.5, 0.6) is 0 Å². The number of rotatable bonds is 2. The van der Waals surface area contributed by atoms with Crippen molar-refractivity contribution in [1.29, 1.82) is 0 Å². The van der Waals surface area contributed by atoms with Gasteiger partial charge in [0.25, 0.3) is 0 Å². The Morgan fingerprint density at radius 2 is 2.07 bits per heavy atom. The number of pyridine rings is 1. The van der Waals surface area contributed by atoms with Gasteiger partial charge in [-0.1, -0.05) is 17.3 Å². The van der Waals surface area contributed by atoms with Crippen LogP contribution in [-0.4, -0.2) is 25.9 Å². The minimum Gasteiger partial charge on any atom is -0.411 e. The lowest BCUT2D eigenvalue weighted by molar-refractivity contribution is 0.316. The number of hydrogen-bond acceptors (Lipinski definition) is 6. The Balaban J connectivity index is 1.84. The number of fused-ring (bicyclic) bond motifs is 1. The van der Waals surface area contributed by atoms with Gasteiger partial charge in [0.15, 0.2) is 0 Å². The number of benzene rings is 1. The molecular weight excluding hydrogens is 345 g/mol. The van der Waals surface area contributed by atoms with E-state index in [9.17, 15) is 9.60 Å². The van der Waals surface area contributed by atoms with Crippen molar-refractivity contribution in [2.45, 2.75) is 25.7 Å². The van der Waals surface area contributed by atoms with E-state index in [-0.39, 0.29) is 17.7 Å². The van der Waals surface area contributed by atoms with E-state index in [1.54, 1.807) is 18.5 Å². The average Bonchev–Trinajstić information content (AvgIpc) is 2.67. The molecule has 0 amide bonds. The van der Waals surface area contributed by atoms with Gasteiger partial charge in [-0.25, -0.2) is 14.4 Å². The third-order valence-corrected chi connectivity index (χ3v) is 4.90. The summed E-state index contributed by atoms with van der Waals surface area (Å²) in [5.74, 6) is -0.157. The van der Waals surface area contributed by atoms with Gasteiger partial charge in [-0.05, 0) is 48.6 Å². The Morgan fingerprint density at radius 3 is 2.81 bits per heavy atom. The number of oxime groups is 1. The van der Waals surface area contributed by atoms with Crippen LogP contribution in [0.2, 0.25) is 0 Å². The molecule has 7 heteroatoms. The highest BCUT2D eigenvalue weighted by Gasteiger charge is 2.30.